The fourth-order valence-corrected chi connectivity index (χ4v) is 3.05. The van der Waals surface area contributed by atoms with E-state index in [1.807, 2.05) is 0 Å². The highest BCUT2D eigenvalue weighted by atomic mass is 32.2. The van der Waals surface area contributed by atoms with E-state index in [1.165, 1.54) is 0 Å². The third-order valence-electron chi connectivity index (χ3n) is 2.73. The van der Waals surface area contributed by atoms with Gasteiger partial charge in [0, 0.05) is 19.1 Å². The van der Waals surface area contributed by atoms with Crippen LogP contribution >= 0.6 is 0 Å². The van der Waals surface area contributed by atoms with E-state index < -0.39 is 10.0 Å². The molecule has 0 aliphatic rings. The van der Waals surface area contributed by atoms with Gasteiger partial charge in [0.05, 0.1) is 5.69 Å². The lowest BCUT2D eigenvalue weighted by Crippen LogP contribution is -2.30. The second-order valence-electron chi connectivity index (χ2n) is 4.43. The fraction of sp³-hybridized carbons (Fsp3) is 0.538. The van der Waals surface area contributed by atoms with E-state index in [4.69, 9.17) is 5.73 Å². The van der Waals surface area contributed by atoms with Crippen molar-refractivity contribution in [3.05, 3.63) is 24.3 Å². The van der Waals surface area contributed by atoms with E-state index in [0.717, 1.165) is 12.8 Å². The van der Waals surface area contributed by atoms with Crippen LogP contribution in [0.25, 0.3) is 0 Å². The van der Waals surface area contributed by atoms with Crippen molar-refractivity contribution in [1.82, 2.24) is 4.72 Å². The molecule has 0 bridgehead atoms. The SMILES string of the molecule is CCCC(N)CNc1ccccc1S(=O)(=O)NCC. The first-order valence-electron chi connectivity index (χ1n) is 6.59. The summed E-state index contributed by atoms with van der Waals surface area (Å²) >= 11 is 0. The van der Waals surface area contributed by atoms with Crippen molar-refractivity contribution in [2.24, 2.45) is 5.73 Å². The minimum atomic E-state index is -3.45. The molecule has 108 valence electrons. The quantitative estimate of drug-likeness (QED) is 0.676. The Hall–Kier alpha value is -1.11. The maximum atomic E-state index is 12.0. The first-order valence-corrected chi connectivity index (χ1v) is 8.07. The molecule has 0 saturated heterocycles. The zero-order valence-electron chi connectivity index (χ0n) is 11.5. The minimum Gasteiger partial charge on any atom is -0.382 e. The van der Waals surface area contributed by atoms with E-state index in [0.29, 0.717) is 18.8 Å². The Morgan fingerprint density at radius 2 is 1.95 bits per heavy atom. The average Bonchev–Trinajstić information content (AvgIpc) is 2.37. The highest BCUT2D eigenvalue weighted by Gasteiger charge is 2.17. The van der Waals surface area contributed by atoms with Gasteiger partial charge >= 0.3 is 0 Å². The predicted octanol–water partition coefficient (Wildman–Crippen LogP) is 1.52. The summed E-state index contributed by atoms with van der Waals surface area (Å²) in [6, 6.07) is 6.88. The van der Waals surface area contributed by atoms with Crippen molar-refractivity contribution in [3.63, 3.8) is 0 Å². The van der Waals surface area contributed by atoms with Gasteiger partial charge in [-0.05, 0) is 18.6 Å². The van der Waals surface area contributed by atoms with Gasteiger partial charge in [-0.3, -0.25) is 0 Å². The number of hydrogen-bond acceptors (Lipinski definition) is 4. The number of rotatable bonds is 8. The monoisotopic (exact) mass is 285 g/mol. The molecule has 1 rings (SSSR count). The van der Waals surface area contributed by atoms with Gasteiger partial charge in [-0.15, -0.1) is 0 Å². The van der Waals surface area contributed by atoms with Crippen molar-refractivity contribution in [2.45, 2.75) is 37.6 Å². The fourth-order valence-electron chi connectivity index (χ4n) is 1.83. The third-order valence-corrected chi connectivity index (χ3v) is 4.33. The smallest absolute Gasteiger partial charge is 0.242 e. The maximum absolute atomic E-state index is 12.0. The van der Waals surface area contributed by atoms with Crippen molar-refractivity contribution in [1.29, 1.82) is 0 Å². The highest BCUT2D eigenvalue weighted by Crippen LogP contribution is 2.20. The number of nitrogens with two attached hydrogens (primary N) is 1. The first kappa shape index (κ1) is 15.9. The molecule has 6 heteroatoms. The van der Waals surface area contributed by atoms with Gasteiger partial charge in [-0.1, -0.05) is 32.4 Å². The van der Waals surface area contributed by atoms with Crippen LogP contribution in [0.1, 0.15) is 26.7 Å². The molecule has 0 heterocycles. The van der Waals surface area contributed by atoms with Gasteiger partial charge < -0.3 is 11.1 Å². The molecule has 1 atom stereocenters. The molecule has 0 aliphatic carbocycles. The van der Waals surface area contributed by atoms with E-state index in [-0.39, 0.29) is 10.9 Å². The minimum absolute atomic E-state index is 0.0277. The number of sulfonamides is 1. The number of hydrogen-bond donors (Lipinski definition) is 3. The molecule has 0 aliphatic heterocycles. The van der Waals surface area contributed by atoms with E-state index in [9.17, 15) is 8.42 Å². The zero-order valence-corrected chi connectivity index (χ0v) is 12.3. The summed E-state index contributed by atoms with van der Waals surface area (Å²) in [5.41, 5.74) is 6.51. The summed E-state index contributed by atoms with van der Waals surface area (Å²) < 4.78 is 26.6. The number of benzene rings is 1. The van der Waals surface area contributed by atoms with Crippen LogP contribution in [-0.4, -0.2) is 27.5 Å². The molecule has 4 N–H and O–H groups in total. The predicted molar refractivity (Wildman–Crippen MR) is 78.7 cm³/mol. The Kier molecular flexibility index (Phi) is 6.27. The topological polar surface area (TPSA) is 84.2 Å². The lowest BCUT2D eigenvalue weighted by Gasteiger charge is -2.15. The van der Waals surface area contributed by atoms with Crippen LogP contribution in [0.5, 0.6) is 0 Å². The molecule has 19 heavy (non-hydrogen) atoms. The Bertz CT molecular complexity index is 488. The van der Waals surface area contributed by atoms with Crippen molar-refractivity contribution < 1.29 is 8.42 Å². The first-order chi connectivity index (χ1) is 9.01. The Morgan fingerprint density at radius 1 is 1.26 bits per heavy atom. The summed E-state index contributed by atoms with van der Waals surface area (Å²) in [4.78, 5) is 0.264. The molecule has 1 unspecified atom stereocenters. The lowest BCUT2D eigenvalue weighted by atomic mass is 10.2. The number of anilines is 1. The van der Waals surface area contributed by atoms with Crippen molar-refractivity contribution in [2.75, 3.05) is 18.4 Å². The van der Waals surface area contributed by atoms with Crippen LogP contribution in [-0.2, 0) is 10.0 Å². The highest BCUT2D eigenvalue weighted by molar-refractivity contribution is 7.89. The maximum Gasteiger partial charge on any atom is 0.242 e. The molecule has 0 amide bonds. The van der Waals surface area contributed by atoms with Crippen molar-refractivity contribution in [3.8, 4) is 0 Å². The van der Waals surface area contributed by atoms with Crippen LogP contribution in [0.2, 0.25) is 0 Å². The summed E-state index contributed by atoms with van der Waals surface area (Å²) in [6.45, 7) is 4.76. The molecule has 0 radical (unpaired) electrons. The molecule has 0 aromatic heterocycles. The van der Waals surface area contributed by atoms with Gasteiger partial charge in [0.25, 0.3) is 0 Å². The third kappa shape index (κ3) is 4.81. The van der Waals surface area contributed by atoms with Gasteiger partial charge in [-0.25, -0.2) is 13.1 Å². The summed E-state index contributed by atoms with van der Waals surface area (Å²) in [7, 11) is -3.45. The Balaban J connectivity index is 2.85. The largest absolute Gasteiger partial charge is 0.382 e. The summed E-state index contributed by atoms with van der Waals surface area (Å²) in [5.74, 6) is 0. The summed E-state index contributed by atoms with van der Waals surface area (Å²) in [5, 5.41) is 3.12. The van der Waals surface area contributed by atoms with Crippen LogP contribution in [0.15, 0.2) is 29.2 Å². The zero-order chi connectivity index (χ0) is 14.3. The van der Waals surface area contributed by atoms with Crippen LogP contribution < -0.4 is 15.8 Å². The Labute approximate surface area is 115 Å². The van der Waals surface area contributed by atoms with Crippen LogP contribution in [0.4, 0.5) is 5.69 Å². The average molecular weight is 285 g/mol. The number of para-hydroxylation sites is 1. The molecule has 1 aromatic carbocycles. The second-order valence-corrected chi connectivity index (χ2v) is 6.16. The van der Waals surface area contributed by atoms with E-state index in [2.05, 4.69) is 17.0 Å². The van der Waals surface area contributed by atoms with Gasteiger partial charge in [0.15, 0.2) is 0 Å². The normalized spacial score (nSPS) is 13.2. The second kappa shape index (κ2) is 7.47. The van der Waals surface area contributed by atoms with Gasteiger partial charge in [-0.2, -0.15) is 0 Å². The molecule has 0 saturated carbocycles. The van der Waals surface area contributed by atoms with Gasteiger partial charge in [0.2, 0.25) is 10.0 Å². The molecular weight excluding hydrogens is 262 g/mol. The van der Waals surface area contributed by atoms with E-state index >= 15 is 0 Å². The standard InChI is InChI=1S/C13H23N3O2S/c1-3-7-11(14)10-15-12-8-5-6-9-13(12)19(17,18)16-4-2/h5-6,8-9,11,15-16H,3-4,7,10,14H2,1-2H3. The lowest BCUT2D eigenvalue weighted by molar-refractivity contribution is 0.583. The molecule has 0 spiro atoms. The van der Waals surface area contributed by atoms with E-state index in [1.54, 1.807) is 31.2 Å². The Morgan fingerprint density at radius 3 is 2.58 bits per heavy atom. The molecule has 0 fully saturated rings. The number of nitrogens with one attached hydrogen (secondary N) is 2. The van der Waals surface area contributed by atoms with Crippen LogP contribution in [0.3, 0.4) is 0 Å². The molecular formula is C13H23N3O2S. The van der Waals surface area contributed by atoms with Crippen molar-refractivity contribution >= 4 is 15.7 Å². The molecule has 5 nitrogen and oxygen atoms in total. The molecule has 1 aromatic rings. The van der Waals surface area contributed by atoms with Crippen LogP contribution in [0, 0.1) is 0 Å². The summed E-state index contributed by atoms with van der Waals surface area (Å²) in [6.07, 6.45) is 1.93. The van der Waals surface area contributed by atoms with Gasteiger partial charge in [0.1, 0.15) is 4.90 Å².